The molecule has 1 aliphatic heterocycles. The van der Waals surface area contributed by atoms with Crippen LogP contribution in [-0.4, -0.2) is 48.1 Å². The first-order valence-electron chi connectivity index (χ1n) is 7.58. The Morgan fingerprint density at radius 3 is 2.79 bits per heavy atom. The van der Waals surface area contributed by atoms with Gasteiger partial charge >= 0.3 is 0 Å². The molecule has 24 heavy (non-hydrogen) atoms. The molecule has 128 valence electrons. The number of ether oxygens (including phenoxy) is 1. The summed E-state index contributed by atoms with van der Waals surface area (Å²) in [5.41, 5.74) is 0.958. The van der Waals surface area contributed by atoms with Crippen LogP contribution in [0.2, 0.25) is 0 Å². The quantitative estimate of drug-likeness (QED) is 0.918. The van der Waals surface area contributed by atoms with Gasteiger partial charge in [-0.3, -0.25) is 9.69 Å². The molecule has 1 N–H and O–H groups in total. The molecule has 1 aliphatic rings. The molecular formula is C16H17F2N3O2S. The van der Waals surface area contributed by atoms with Gasteiger partial charge < -0.3 is 10.1 Å². The van der Waals surface area contributed by atoms with Gasteiger partial charge in [-0.25, -0.2) is 13.8 Å². The van der Waals surface area contributed by atoms with Gasteiger partial charge in [-0.1, -0.05) is 0 Å². The molecule has 5 nitrogen and oxygen atoms in total. The van der Waals surface area contributed by atoms with Crippen molar-refractivity contribution in [3.05, 3.63) is 35.2 Å². The Kier molecular flexibility index (Phi) is 5.17. The lowest BCUT2D eigenvalue weighted by Crippen LogP contribution is -2.47. The first-order valence-corrected chi connectivity index (χ1v) is 8.46. The van der Waals surface area contributed by atoms with Crippen LogP contribution in [0.1, 0.15) is 6.92 Å². The molecule has 0 aliphatic carbocycles. The van der Waals surface area contributed by atoms with Crippen LogP contribution in [0.4, 0.5) is 13.9 Å². The fraction of sp³-hybridized carbons (Fsp3) is 0.375. The Morgan fingerprint density at radius 1 is 1.33 bits per heavy atom. The van der Waals surface area contributed by atoms with E-state index >= 15 is 0 Å². The van der Waals surface area contributed by atoms with Crippen molar-refractivity contribution >= 4 is 22.4 Å². The minimum absolute atomic E-state index is 0.150. The monoisotopic (exact) mass is 353 g/mol. The van der Waals surface area contributed by atoms with Crippen molar-refractivity contribution in [2.24, 2.45) is 0 Å². The summed E-state index contributed by atoms with van der Waals surface area (Å²) in [7, 11) is 0. The first-order chi connectivity index (χ1) is 11.5. The van der Waals surface area contributed by atoms with Gasteiger partial charge in [0.25, 0.3) is 0 Å². The van der Waals surface area contributed by atoms with Crippen molar-refractivity contribution < 1.29 is 18.3 Å². The van der Waals surface area contributed by atoms with Crippen molar-refractivity contribution in [3.8, 4) is 11.3 Å². The number of carbonyl (C=O) groups is 1. The van der Waals surface area contributed by atoms with Gasteiger partial charge in [-0.15, -0.1) is 11.3 Å². The van der Waals surface area contributed by atoms with Crippen LogP contribution in [0.15, 0.2) is 23.6 Å². The van der Waals surface area contributed by atoms with Crippen molar-refractivity contribution in [1.29, 1.82) is 0 Å². The number of nitrogens with zero attached hydrogens (tertiary/aromatic N) is 2. The van der Waals surface area contributed by atoms with Crippen LogP contribution in [0, 0.1) is 11.6 Å². The molecule has 1 amide bonds. The Bertz CT molecular complexity index is 732. The maximum absolute atomic E-state index is 13.3. The van der Waals surface area contributed by atoms with E-state index in [-0.39, 0.29) is 11.9 Å². The number of halogens is 2. The highest BCUT2D eigenvalue weighted by Gasteiger charge is 2.23. The van der Waals surface area contributed by atoms with Gasteiger partial charge in [0.1, 0.15) is 0 Å². The maximum atomic E-state index is 13.3. The molecule has 1 saturated heterocycles. The summed E-state index contributed by atoms with van der Waals surface area (Å²) in [6, 6.07) is 3.31. The second-order valence-corrected chi connectivity index (χ2v) is 6.34. The summed E-state index contributed by atoms with van der Waals surface area (Å²) >= 11 is 1.24. The van der Waals surface area contributed by atoms with Gasteiger partial charge in [-0.2, -0.15) is 0 Å². The number of thiazole rings is 1. The Morgan fingerprint density at radius 2 is 2.08 bits per heavy atom. The predicted octanol–water partition coefficient (Wildman–Crippen LogP) is 2.75. The van der Waals surface area contributed by atoms with Gasteiger partial charge in [-0.05, 0) is 25.1 Å². The molecule has 2 heterocycles. The number of carbonyl (C=O) groups excluding carboxylic acids is 1. The number of anilines is 1. The Labute approximate surface area is 142 Å². The predicted molar refractivity (Wildman–Crippen MR) is 87.9 cm³/mol. The topological polar surface area (TPSA) is 54.5 Å². The molecular weight excluding hydrogens is 336 g/mol. The molecule has 8 heteroatoms. The van der Waals surface area contributed by atoms with Gasteiger partial charge in [0.2, 0.25) is 5.91 Å². The molecule has 0 saturated carbocycles. The maximum Gasteiger partial charge on any atom is 0.243 e. The number of nitrogens with one attached hydrogen (secondary N) is 1. The van der Waals surface area contributed by atoms with Crippen molar-refractivity contribution in [2.75, 3.05) is 31.6 Å². The fourth-order valence-electron chi connectivity index (χ4n) is 2.46. The van der Waals surface area contributed by atoms with E-state index in [4.69, 9.17) is 4.74 Å². The third-order valence-corrected chi connectivity index (χ3v) is 4.68. The molecule has 1 aromatic carbocycles. The molecule has 1 aromatic heterocycles. The molecule has 0 bridgehead atoms. The number of morpholine rings is 1. The summed E-state index contributed by atoms with van der Waals surface area (Å²) < 4.78 is 31.6. The zero-order valence-electron chi connectivity index (χ0n) is 13.1. The molecule has 3 rings (SSSR count). The molecule has 0 radical (unpaired) electrons. The second-order valence-electron chi connectivity index (χ2n) is 5.48. The average Bonchev–Trinajstić information content (AvgIpc) is 3.06. The molecule has 0 spiro atoms. The molecule has 0 unspecified atom stereocenters. The van der Waals surface area contributed by atoms with Crippen LogP contribution in [0.3, 0.4) is 0 Å². The lowest BCUT2D eigenvalue weighted by molar-refractivity contribution is -0.122. The van der Waals surface area contributed by atoms with Crippen molar-refractivity contribution in [2.45, 2.75) is 13.0 Å². The van der Waals surface area contributed by atoms with E-state index in [2.05, 4.69) is 10.3 Å². The number of rotatable bonds is 4. The van der Waals surface area contributed by atoms with E-state index in [1.165, 1.54) is 17.4 Å². The number of aromatic nitrogens is 1. The van der Waals surface area contributed by atoms with Crippen LogP contribution in [-0.2, 0) is 9.53 Å². The minimum atomic E-state index is -0.924. The summed E-state index contributed by atoms with van der Waals surface area (Å²) in [6.45, 7) is 4.51. The molecule has 1 fully saturated rings. The fourth-order valence-corrected chi connectivity index (χ4v) is 3.18. The van der Waals surface area contributed by atoms with Crippen molar-refractivity contribution in [3.63, 3.8) is 0 Å². The highest BCUT2D eigenvalue weighted by Crippen LogP contribution is 2.26. The smallest absolute Gasteiger partial charge is 0.243 e. The van der Waals surface area contributed by atoms with Crippen LogP contribution < -0.4 is 5.32 Å². The first kappa shape index (κ1) is 16.9. The lowest BCUT2D eigenvalue weighted by Gasteiger charge is -2.31. The highest BCUT2D eigenvalue weighted by molar-refractivity contribution is 7.14. The second kappa shape index (κ2) is 7.33. The normalized spacial score (nSPS) is 16.8. The minimum Gasteiger partial charge on any atom is -0.379 e. The molecule has 1 atom stereocenters. The number of amides is 1. The van der Waals surface area contributed by atoms with Crippen molar-refractivity contribution in [1.82, 2.24) is 9.88 Å². The molecule has 2 aromatic rings. The van der Waals surface area contributed by atoms with E-state index in [1.807, 2.05) is 11.8 Å². The standard InChI is InChI=1S/C16H17F2N3O2S/c1-10(21-4-6-23-7-5-21)15(22)20-16-19-14(9-24-16)11-2-3-12(17)13(18)8-11/h2-3,8-10H,4-7H2,1H3,(H,19,20,22)/t10-/m0/s1. The van der Waals surface area contributed by atoms with Gasteiger partial charge in [0.15, 0.2) is 16.8 Å². The van der Waals surface area contributed by atoms with Gasteiger partial charge in [0, 0.05) is 24.0 Å². The zero-order chi connectivity index (χ0) is 17.1. The summed E-state index contributed by atoms with van der Waals surface area (Å²) in [5.74, 6) is -1.98. The average molecular weight is 353 g/mol. The van der Waals surface area contributed by atoms with Gasteiger partial charge in [0.05, 0.1) is 24.9 Å². The summed E-state index contributed by atoms with van der Waals surface area (Å²) in [5, 5.41) is 4.90. The Balaban J connectivity index is 1.66. The summed E-state index contributed by atoms with van der Waals surface area (Å²) in [6.07, 6.45) is 0. The number of hydrogen-bond donors (Lipinski definition) is 1. The third-order valence-electron chi connectivity index (χ3n) is 3.92. The van der Waals surface area contributed by atoms with E-state index < -0.39 is 11.6 Å². The highest BCUT2D eigenvalue weighted by atomic mass is 32.1. The van der Waals surface area contributed by atoms with E-state index in [9.17, 15) is 13.6 Å². The Hall–Kier alpha value is -1.90. The van der Waals surface area contributed by atoms with Crippen LogP contribution >= 0.6 is 11.3 Å². The third kappa shape index (κ3) is 3.77. The largest absolute Gasteiger partial charge is 0.379 e. The number of benzene rings is 1. The van der Waals surface area contributed by atoms with E-state index in [0.29, 0.717) is 42.7 Å². The van der Waals surface area contributed by atoms with Crippen LogP contribution in [0.25, 0.3) is 11.3 Å². The zero-order valence-corrected chi connectivity index (χ0v) is 13.9. The van der Waals surface area contributed by atoms with E-state index in [1.54, 1.807) is 5.38 Å². The van der Waals surface area contributed by atoms with E-state index in [0.717, 1.165) is 12.1 Å². The number of hydrogen-bond acceptors (Lipinski definition) is 5. The summed E-state index contributed by atoms with van der Waals surface area (Å²) in [4.78, 5) is 18.6. The lowest BCUT2D eigenvalue weighted by atomic mass is 10.2. The SMILES string of the molecule is C[C@@H](C(=O)Nc1nc(-c2ccc(F)c(F)c2)cs1)N1CCOCC1. The van der Waals surface area contributed by atoms with Crippen LogP contribution in [0.5, 0.6) is 0 Å².